The lowest BCUT2D eigenvalue weighted by Crippen LogP contribution is -2.47. The average Bonchev–Trinajstić information content (AvgIpc) is 2.99. The van der Waals surface area contributed by atoms with E-state index in [1.807, 2.05) is 30.3 Å². The lowest BCUT2D eigenvalue weighted by atomic mass is 10.1. The van der Waals surface area contributed by atoms with Crippen LogP contribution >= 0.6 is 0 Å². The second-order valence-electron chi connectivity index (χ2n) is 11.0. The SMILES string of the molecule is NC(CCc1ccccc1)C(=O)NOCCCCCCNC(=O)CN(CCN(CC(=O)O)CC(=O)O)CCN(CC(=O)O)CC(=O)O. The maximum atomic E-state index is 12.6. The Morgan fingerprint density at radius 2 is 1.17 bits per heavy atom. The Morgan fingerprint density at radius 1 is 0.681 bits per heavy atom. The van der Waals surface area contributed by atoms with Crippen LogP contribution in [0.5, 0.6) is 0 Å². The van der Waals surface area contributed by atoms with Gasteiger partial charge in [-0.2, -0.15) is 0 Å². The number of benzene rings is 1. The van der Waals surface area contributed by atoms with Crippen molar-refractivity contribution in [3.8, 4) is 0 Å². The molecule has 1 unspecified atom stereocenters. The molecule has 0 spiro atoms. The summed E-state index contributed by atoms with van der Waals surface area (Å²) in [6.45, 7) is -1.46. The number of carboxylic acid groups (broad SMARTS) is 4. The zero-order chi connectivity index (χ0) is 35.0. The van der Waals surface area contributed by atoms with Crippen molar-refractivity contribution >= 4 is 35.7 Å². The van der Waals surface area contributed by atoms with Gasteiger partial charge in [0.1, 0.15) is 0 Å². The fourth-order valence-electron chi connectivity index (χ4n) is 4.46. The van der Waals surface area contributed by atoms with Crippen LogP contribution in [0.4, 0.5) is 0 Å². The molecule has 264 valence electrons. The lowest BCUT2D eigenvalue weighted by molar-refractivity contribution is -0.143. The molecule has 0 aliphatic rings. The predicted molar refractivity (Wildman–Crippen MR) is 168 cm³/mol. The summed E-state index contributed by atoms with van der Waals surface area (Å²) in [5.74, 6) is -5.63. The van der Waals surface area contributed by atoms with Gasteiger partial charge in [0.05, 0.1) is 45.4 Å². The maximum absolute atomic E-state index is 12.6. The highest BCUT2D eigenvalue weighted by Crippen LogP contribution is 2.05. The van der Waals surface area contributed by atoms with Crippen LogP contribution in [-0.2, 0) is 40.0 Å². The largest absolute Gasteiger partial charge is 0.480 e. The van der Waals surface area contributed by atoms with E-state index in [0.29, 0.717) is 38.8 Å². The van der Waals surface area contributed by atoms with E-state index < -0.39 is 56.1 Å². The third-order valence-electron chi connectivity index (χ3n) is 6.86. The van der Waals surface area contributed by atoms with Crippen molar-refractivity contribution in [1.82, 2.24) is 25.5 Å². The summed E-state index contributed by atoms with van der Waals surface area (Å²) in [4.78, 5) is 78.5. The number of aryl methyl sites for hydroxylation is 1. The molecule has 0 fully saturated rings. The second kappa shape index (κ2) is 24.1. The second-order valence-corrected chi connectivity index (χ2v) is 11.0. The standard InChI is InChI=1S/C30H48N6O11/c31-24(11-10-23-8-4-3-5-9-23)30(46)33-47-17-7-2-1-6-12-32-25(37)18-34(13-15-35(19-26(38)39)20-27(40)41)14-16-36(21-28(42)43)22-29(44)45/h3-5,8-9,24H,1-2,6-7,10-22,31H2,(H,32,37)(H,33,46)(H,38,39)(H,40,41)(H,42,43)(H,44,45). The molecule has 1 aromatic rings. The van der Waals surface area contributed by atoms with Gasteiger partial charge in [-0.25, -0.2) is 5.48 Å². The summed E-state index contributed by atoms with van der Waals surface area (Å²) in [6, 6.07) is 9.04. The number of carbonyl (C=O) groups is 6. The van der Waals surface area contributed by atoms with E-state index in [9.17, 15) is 28.8 Å². The van der Waals surface area contributed by atoms with Gasteiger partial charge in [0.2, 0.25) is 5.91 Å². The van der Waals surface area contributed by atoms with Gasteiger partial charge >= 0.3 is 23.9 Å². The Kier molecular flexibility index (Phi) is 20.9. The number of rotatable bonds is 28. The molecule has 0 saturated carbocycles. The first-order chi connectivity index (χ1) is 22.3. The van der Waals surface area contributed by atoms with Crippen LogP contribution in [0.2, 0.25) is 0 Å². The highest BCUT2D eigenvalue weighted by molar-refractivity contribution is 5.80. The molecule has 47 heavy (non-hydrogen) atoms. The zero-order valence-corrected chi connectivity index (χ0v) is 26.6. The third-order valence-corrected chi connectivity index (χ3v) is 6.86. The number of aliphatic carboxylic acids is 4. The van der Waals surface area contributed by atoms with Crippen molar-refractivity contribution in [3.63, 3.8) is 0 Å². The molecule has 1 rings (SSSR count). The lowest BCUT2D eigenvalue weighted by Gasteiger charge is -2.28. The van der Waals surface area contributed by atoms with Gasteiger partial charge in [0.15, 0.2) is 0 Å². The van der Waals surface area contributed by atoms with Gasteiger partial charge in [0, 0.05) is 32.7 Å². The number of hydrogen-bond donors (Lipinski definition) is 7. The minimum atomic E-state index is -1.22. The molecule has 1 aromatic carbocycles. The third kappa shape index (κ3) is 22.1. The maximum Gasteiger partial charge on any atom is 0.317 e. The molecule has 17 nitrogen and oxygen atoms in total. The van der Waals surface area contributed by atoms with Crippen LogP contribution < -0.4 is 16.5 Å². The van der Waals surface area contributed by atoms with Crippen molar-refractivity contribution in [1.29, 1.82) is 0 Å². The number of hydrogen-bond acceptors (Lipinski definition) is 11. The Bertz CT molecular complexity index is 1050. The number of carboxylic acids is 4. The summed E-state index contributed by atoms with van der Waals surface area (Å²) < 4.78 is 0. The molecule has 0 aromatic heterocycles. The fraction of sp³-hybridized carbons (Fsp3) is 0.600. The van der Waals surface area contributed by atoms with Crippen molar-refractivity contribution in [2.24, 2.45) is 5.73 Å². The van der Waals surface area contributed by atoms with Crippen LogP contribution in [0.15, 0.2) is 30.3 Å². The molecule has 0 aliphatic heterocycles. The molecule has 0 aliphatic carbocycles. The molecular weight excluding hydrogens is 620 g/mol. The molecule has 2 amide bonds. The Balaban J connectivity index is 2.41. The first kappa shape index (κ1) is 40.9. The van der Waals surface area contributed by atoms with Gasteiger partial charge in [0.25, 0.3) is 5.91 Å². The van der Waals surface area contributed by atoms with Crippen molar-refractivity contribution < 1.29 is 54.0 Å². The van der Waals surface area contributed by atoms with Gasteiger partial charge in [-0.15, -0.1) is 0 Å². The summed E-state index contributed by atoms with van der Waals surface area (Å²) >= 11 is 0. The summed E-state index contributed by atoms with van der Waals surface area (Å²) in [7, 11) is 0. The van der Waals surface area contributed by atoms with E-state index in [1.54, 1.807) is 4.90 Å². The molecule has 0 heterocycles. The van der Waals surface area contributed by atoms with Crippen molar-refractivity contribution in [2.45, 2.75) is 44.6 Å². The number of amides is 2. The number of nitrogens with two attached hydrogens (primary N) is 1. The van der Waals surface area contributed by atoms with E-state index in [0.717, 1.165) is 18.4 Å². The van der Waals surface area contributed by atoms with Crippen LogP contribution in [0.25, 0.3) is 0 Å². The molecular formula is C30H48N6O11. The summed E-state index contributed by atoms with van der Waals surface area (Å²) in [5, 5.41) is 39.1. The molecule has 0 bridgehead atoms. The van der Waals surface area contributed by atoms with Crippen molar-refractivity contribution in [2.75, 3.05) is 72.1 Å². The quantitative estimate of drug-likeness (QED) is 0.0414. The van der Waals surface area contributed by atoms with E-state index in [2.05, 4.69) is 10.8 Å². The van der Waals surface area contributed by atoms with Gasteiger partial charge in [-0.05, 0) is 31.2 Å². The Labute approximate surface area is 273 Å². The van der Waals surface area contributed by atoms with E-state index in [1.165, 1.54) is 9.80 Å². The number of unbranched alkanes of at least 4 members (excludes halogenated alkanes) is 3. The molecule has 1 atom stereocenters. The van der Waals surface area contributed by atoms with Crippen molar-refractivity contribution in [3.05, 3.63) is 35.9 Å². The summed E-state index contributed by atoms with van der Waals surface area (Å²) in [6.07, 6.45) is 4.07. The fourth-order valence-corrected chi connectivity index (χ4v) is 4.46. The molecule has 17 heteroatoms. The summed E-state index contributed by atoms with van der Waals surface area (Å²) in [5.41, 5.74) is 9.40. The van der Waals surface area contributed by atoms with Crippen LogP contribution in [0.1, 0.15) is 37.7 Å². The Morgan fingerprint density at radius 3 is 1.68 bits per heavy atom. The number of nitrogens with one attached hydrogen (secondary N) is 2. The first-order valence-corrected chi connectivity index (χ1v) is 15.4. The monoisotopic (exact) mass is 668 g/mol. The molecule has 0 saturated heterocycles. The number of carbonyl (C=O) groups excluding carboxylic acids is 2. The average molecular weight is 669 g/mol. The van der Waals surface area contributed by atoms with Gasteiger partial charge < -0.3 is 31.5 Å². The number of hydroxylamine groups is 1. The number of nitrogens with zero attached hydrogens (tertiary/aromatic N) is 3. The minimum absolute atomic E-state index is 0.00805. The normalized spacial score (nSPS) is 11.8. The van der Waals surface area contributed by atoms with E-state index in [4.69, 9.17) is 31.0 Å². The van der Waals surface area contributed by atoms with Gasteiger partial charge in [-0.1, -0.05) is 43.2 Å². The van der Waals surface area contributed by atoms with Crippen LogP contribution in [0, 0.1) is 0 Å². The minimum Gasteiger partial charge on any atom is -0.480 e. The Hall–Kier alpha value is -4.16. The highest BCUT2D eigenvalue weighted by atomic mass is 16.6. The molecule has 0 radical (unpaired) electrons. The van der Waals surface area contributed by atoms with Crippen LogP contribution in [-0.4, -0.2) is 149 Å². The van der Waals surface area contributed by atoms with Gasteiger partial charge in [-0.3, -0.25) is 48.3 Å². The van der Waals surface area contributed by atoms with Crippen LogP contribution in [0.3, 0.4) is 0 Å². The molecule has 8 N–H and O–H groups in total. The zero-order valence-electron chi connectivity index (χ0n) is 26.6. The van der Waals surface area contributed by atoms with E-state index >= 15 is 0 Å². The van der Waals surface area contributed by atoms with E-state index in [-0.39, 0.29) is 44.5 Å². The highest BCUT2D eigenvalue weighted by Gasteiger charge is 2.19. The first-order valence-electron chi connectivity index (χ1n) is 15.4. The topological polar surface area (TPSA) is 252 Å². The smallest absolute Gasteiger partial charge is 0.317 e. The predicted octanol–water partition coefficient (Wildman–Crippen LogP) is -1.08.